The summed E-state index contributed by atoms with van der Waals surface area (Å²) in [5.74, 6) is 1.57. The number of hydrogen-bond donors (Lipinski definition) is 1. The lowest BCUT2D eigenvalue weighted by molar-refractivity contribution is 0.0800. The number of piperidine rings is 1. The highest BCUT2D eigenvalue weighted by atomic mass is 35.5. The molecule has 3 rings (SSSR count). The van der Waals surface area contributed by atoms with Crippen molar-refractivity contribution in [1.82, 2.24) is 9.88 Å². The Morgan fingerprint density at radius 3 is 2.48 bits per heavy atom. The van der Waals surface area contributed by atoms with E-state index in [1.54, 1.807) is 6.39 Å². The first kappa shape index (κ1) is 18.7. The summed E-state index contributed by atoms with van der Waals surface area (Å²) in [5.41, 5.74) is 7.06. The highest BCUT2D eigenvalue weighted by Gasteiger charge is 2.25. The Morgan fingerprint density at radius 2 is 1.81 bits per heavy atom. The van der Waals surface area contributed by atoms with Gasteiger partial charge in [0.05, 0.1) is 5.69 Å². The van der Waals surface area contributed by atoms with Crippen molar-refractivity contribution in [3.8, 4) is 0 Å². The number of nitrogens with two attached hydrogens (primary N) is 1. The van der Waals surface area contributed by atoms with Gasteiger partial charge in [0.1, 0.15) is 5.76 Å². The van der Waals surface area contributed by atoms with Gasteiger partial charge in [-0.15, -0.1) is 24.8 Å². The average Bonchev–Trinajstić information content (AvgIpc) is 2.90. The van der Waals surface area contributed by atoms with Crippen LogP contribution in [0.2, 0.25) is 0 Å². The van der Waals surface area contributed by atoms with Gasteiger partial charge in [-0.2, -0.15) is 0 Å². The zero-order valence-corrected chi connectivity index (χ0v) is 13.8. The molecule has 0 bridgehead atoms. The fourth-order valence-electron chi connectivity index (χ4n) is 3.01. The van der Waals surface area contributed by atoms with Crippen LogP contribution in [0, 0.1) is 0 Å². The molecular weight excluding hydrogens is 313 g/mol. The van der Waals surface area contributed by atoms with E-state index in [1.807, 2.05) is 0 Å². The molecule has 21 heavy (non-hydrogen) atoms. The van der Waals surface area contributed by atoms with E-state index in [9.17, 15) is 0 Å². The minimum atomic E-state index is 0. The zero-order chi connectivity index (χ0) is 13.1. The van der Waals surface area contributed by atoms with E-state index in [1.165, 1.54) is 0 Å². The standard InChI is InChI=1S/C14H23N3O2.2ClH/c15-12-1-5-17(6-2-12)9-13-14(19-10-16-13)11-3-7-18-8-4-11;;/h10-12H,1-9,15H2;2*1H. The molecule has 0 amide bonds. The SMILES string of the molecule is Cl.Cl.NC1CCN(Cc2ncoc2C2CCOCC2)CC1. The maximum atomic E-state index is 5.94. The second-order valence-electron chi connectivity index (χ2n) is 5.66. The normalized spacial score (nSPS) is 21.6. The third-order valence-corrected chi connectivity index (χ3v) is 4.27. The first-order valence-electron chi connectivity index (χ1n) is 7.31. The molecule has 0 atom stereocenters. The van der Waals surface area contributed by atoms with Crippen LogP contribution in [-0.4, -0.2) is 42.2 Å². The number of halogens is 2. The van der Waals surface area contributed by atoms with Gasteiger partial charge in [0, 0.05) is 44.8 Å². The van der Waals surface area contributed by atoms with E-state index < -0.39 is 0 Å². The van der Waals surface area contributed by atoms with Gasteiger partial charge in [0.25, 0.3) is 0 Å². The molecule has 2 aliphatic heterocycles. The van der Waals surface area contributed by atoms with E-state index in [0.29, 0.717) is 12.0 Å². The van der Waals surface area contributed by atoms with Gasteiger partial charge in [0.15, 0.2) is 6.39 Å². The molecule has 3 heterocycles. The molecule has 2 fully saturated rings. The molecule has 0 radical (unpaired) electrons. The number of aromatic nitrogens is 1. The molecule has 0 aliphatic carbocycles. The number of oxazole rings is 1. The summed E-state index contributed by atoms with van der Waals surface area (Å²) < 4.78 is 11.1. The highest BCUT2D eigenvalue weighted by molar-refractivity contribution is 5.85. The molecular formula is C14H25Cl2N3O2. The van der Waals surface area contributed by atoms with Crippen molar-refractivity contribution in [2.45, 2.75) is 44.2 Å². The third-order valence-electron chi connectivity index (χ3n) is 4.27. The van der Waals surface area contributed by atoms with Crippen LogP contribution in [0.25, 0.3) is 0 Å². The molecule has 1 aromatic heterocycles. The minimum absolute atomic E-state index is 0. The fourth-order valence-corrected chi connectivity index (χ4v) is 3.01. The molecule has 0 saturated carbocycles. The smallest absolute Gasteiger partial charge is 0.181 e. The summed E-state index contributed by atoms with van der Waals surface area (Å²) in [5, 5.41) is 0. The Kier molecular flexibility index (Phi) is 7.98. The monoisotopic (exact) mass is 337 g/mol. The molecule has 122 valence electrons. The third kappa shape index (κ3) is 4.83. The number of nitrogens with zero attached hydrogens (tertiary/aromatic N) is 2. The van der Waals surface area contributed by atoms with Crippen LogP contribution in [0.1, 0.15) is 43.1 Å². The van der Waals surface area contributed by atoms with Gasteiger partial charge in [-0.25, -0.2) is 4.98 Å². The van der Waals surface area contributed by atoms with Crippen molar-refractivity contribution in [2.24, 2.45) is 5.73 Å². The average molecular weight is 338 g/mol. The van der Waals surface area contributed by atoms with Gasteiger partial charge in [-0.1, -0.05) is 0 Å². The van der Waals surface area contributed by atoms with Crippen molar-refractivity contribution in [1.29, 1.82) is 0 Å². The Bertz CT molecular complexity index is 403. The number of likely N-dealkylation sites (tertiary alicyclic amines) is 1. The Morgan fingerprint density at radius 1 is 1.14 bits per heavy atom. The topological polar surface area (TPSA) is 64.5 Å². The predicted molar refractivity (Wildman–Crippen MR) is 86.3 cm³/mol. The highest BCUT2D eigenvalue weighted by Crippen LogP contribution is 2.29. The molecule has 0 spiro atoms. The van der Waals surface area contributed by atoms with Crippen LogP contribution in [0.4, 0.5) is 0 Å². The van der Waals surface area contributed by atoms with Gasteiger partial charge in [-0.3, -0.25) is 4.90 Å². The van der Waals surface area contributed by atoms with E-state index in [2.05, 4.69) is 9.88 Å². The zero-order valence-electron chi connectivity index (χ0n) is 12.2. The molecule has 0 unspecified atom stereocenters. The van der Waals surface area contributed by atoms with Crippen molar-refractivity contribution in [3.63, 3.8) is 0 Å². The molecule has 0 aromatic carbocycles. The van der Waals surface area contributed by atoms with Gasteiger partial charge in [-0.05, 0) is 25.7 Å². The second kappa shape index (κ2) is 8.96. The quantitative estimate of drug-likeness (QED) is 0.916. The van der Waals surface area contributed by atoms with Crippen molar-refractivity contribution < 1.29 is 9.15 Å². The Hall–Kier alpha value is -0.330. The molecule has 2 N–H and O–H groups in total. The molecule has 5 nitrogen and oxygen atoms in total. The van der Waals surface area contributed by atoms with Crippen LogP contribution in [0.3, 0.4) is 0 Å². The maximum Gasteiger partial charge on any atom is 0.181 e. The van der Waals surface area contributed by atoms with Crippen molar-refractivity contribution in [2.75, 3.05) is 26.3 Å². The van der Waals surface area contributed by atoms with Crippen LogP contribution in [-0.2, 0) is 11.3 Å². The summed E-state index contributed by atoms with van der Waals surface area (Å²) in [4.78, 5) is 6.86. The fraction of sp³-hybridized carbons (Fsp3) is 0.786. The summed E-state index contributed by atoms with van der Waals surface area (Å²) in [6.45, 7) is 4.71. The summed E-state index contributed by atoms with van der Waals surface area (Å²) in [7, 11) is 0. The first-order valence-corrected chi connectivity index (χ1v) is 7.31. The second-order valence-corrected chi connectivity index (χ2v) is 5.66. The summed E-state index contributed by atoms with van der Waals surface area (Å²) >= 11 is 0. The Labute approximate surface area is 138 Å². The molecule has 7 heteroatoms. The van der Waals surface area contributed by atoms with Crippen LogP contribution in [0.5, 0.6) is 0 Å². The largest absolute Gasteiger partial charge is 0.448 e. The summed E-state index contributed by atoms with van der Waals surface area (Å²) in [6.07, 6.45) is 5.87. The lowest BCUT2D eigenvalue weighted by Gasteiger charge is -2.30. The predicted octanol–water partition coefficient (Wildman–Crippen LogP) is 2.34. The first-order chi connectivity index (χ1) is 9.33. The van der Waals surface area contributed by atoms with Crippen LogP contribution in [0.15, 0.2) is 10.8 Å². The molecule has 2 saturated heterocycles. The van der Waals surface area contributed by atoms with Gasteiger partial charge in [0.2, 0.25) is 0 Å². The van der Waals surface area contributed by atoms with Crippen molar-refractivity contribution in [3.05, 3.63) is 17.8 Å². The number of rotatable bonds is 3. The van der Waals surface area contributed by atoms with Crippen LogP contribution >= 0.6 is 24.8 Å². The van der Waals surface area contributed by atoms with E-state index >= 15 is 0 Å². The van der Waals surface area contributed by atoms with E-state index in [0.717, 1.165) is 70.0 Å². The molecule has 1 aromatic rings. The van der Waals surface area contributed by atoms with E-state index in [-0.39, 0.29) is 24.8 Å². The Balaban J connectivity index is 0.00000110. The molecule has 2 aliphatic rings. The number of hydrogen-bond acceptors (Lipinski definition) is 5. The lowest BCUT2D eigenvalue weighted by atomic mass is 9.95. The van der Waals surface area contributed by atoms with Gasteiger partial charge >= 0.3 is 0 Å². The maximum absolute atomic E-state index is 5.94. The van der Waals surface area contributed by atoms with Crippen LogP contribution < -0.4 is 5.73 Å². The van der Waals surface area contributed by atoms with Crippen molar-refractivity contribution >= 4 is 24.8 Å². The minimum Gasteiger partial charge on any atom is -0.448 e. The number of ether oxygens (including phenoxy) is 1. The van der Waals surface area contributed by atoms with Gasteiger partial charge < -0.3 is 14.9 Å². The van der Waals surface area contributed by atoms with E-state index in [4.69, 9.17) is 14.9 Å². The summed E-state index contributed by atoms with van der Waals surface area (Å²) in [6, 6.07) is 0.378. The lowest BCUT2D eigenvalue weighted by Crippen LogP contribution is -2.39.